The molecule has 2 saturated heterocycles. The fourth-order valence-corrected chi connectivity index (χ4v) is 8.75. The second-order valence-electron chi connectivity index (χ2n) is 17.6. The summed E-state index contributed by atoms with van der Waals surface area (Å²) in [7, 11) is 8.60. The highest BCUT2D eigenvalue weighted by Crippen LogP contribution is 2.30. The number of benzene rings is 1. The number of carbonyl (C=O) groups excluding carboxylic acids is 5. The van der Waals surface area contributed by atoms with E-state index < -0.39 is 54.5 Å². The number of rotatable bonds is 21. The first kappa shape index (κ1) is 50.6. The Morgan fingerprint density at radius 3 is 1.98 bits per heavy atom. The Kier molecular flexibility index (Phi) is 20.2. The third kappa shape index (κ3) is 13.1. The molecule has 0 radical (unpaired) electrons. The Labute approximate surface area is 359 Å². The maximum Gasteiger partial charge on any atom is 0.410 e. The molecule has 5 amide bonds. The Balaban J connectivity index is 1.77. The molecule has 1 aromatic rings. The van der Waals surface area contributed by atoms with Gasteiger partial charge in [-0.1, -0.05) is 85.2 Å². The standard InChI is InChI=1S/C45H77N7O8/c1-14-30(6)39(50(11)44(56)38(29(4)5)48-43(55)37(46-9)28(2)3)35(58-12)27-36(53)52-22-18-21-34(52)40(59-13)31(7)42(54)47-32(8)41(33-19-16-15-17-20-33)60-45(57)51-25-23-49(10)24-26-51/h15-17,19-20,28-32,34-35,37-41,46H,14,18,21-27H2,1-13H3,(H,47,54)(H,48,55)/t30-,31+,32+,34-,35?,37-,38-,39-,40+,41+/m0/s1. The maximum absolute atomic E-state index is 14.3. The van der Waals surface area contributed by atoms with Crippen LogP contribution < -0.4 is 16.0 Å². The van der Waals surface area contributed by atoms with Crippen LogP contribution in [0.4, 0.5) is 4.79 Å². The van der Waals surface area contributed by atoms with Gasteiger partial charge in [-0.3, -0.25) is 19.2 Å². The smallest absolute Gasteiger partial charge is 0.410 e. The molecule has 0 bridgehead atoms. The van der Waals surface area contributed by atoms with Crippen LogP contribution in [0.2, 0.25) is 0 Å². The van der Waals surface area contributed by atoms with Crippen LogP contribution in [0.3, 0.4) is 0 Å². The van der Waals surface area contributed by atoms with Crippen molar-refractivity contribution in [2.75, 3.05) is 68.1 Å². The first-order valence-electron chi connectivity index (χ1n) is 22.0. The lowest BCUT2D eigenvalue weighted by atomic mass is 9.89. The number of amides is 5. The lowest BCUT2D eigenvalue weighted by Gasteiger charge is -2.41. The molecule has 340 valence electrons. The van der Waals surface area contributed by atoms with Gasteiger partial charge in [0.2, 0.25) is 23.6 Å². The van der Waals surface area contributed by atoms with Crippen molar-refractivity contribution in [2.24, 2.45) is 23.7 Å². The minimum atomic E-state index is -0.774. The first-order valence-corrected chi connectivity index (χ1v) is 22.0. The van der Waals surface area contributed by atoms with E-state index in [2.05, 4.69) is 20.9 Å². The molecule has 1 unspecified atom stereocenters. The predicted octanol–water partition coefficient (Wildman–Crippen LogP) is 3.92. The molecule has 0 spiro atoms. The zero-order valence-corrected chi connectivity index (χ0v) is 38.7. The Hall–Kier alpha value is -3.79. The molecule has 2 aliphatic heterocycles. The molecule has 0 saturated carbocycles. The van der Waals surface area contributed by atoms with E-state index in [0.717, 1.165) is 31.5 Å². The number of likely N-dealkylation sites (N-methyl/N-ethyl adjacent to an activating group) is 3. The summed E-state index contributed by atoms with van der Waals surface area (Å²) in [4.78, 5) is 76.5. The lowest BCUT2D eigenvalue weighted by molar-refractivity contribution is -0.148. The third-order valence-corrected chi connectivity index (χ3v) is 12.7. The highest BCUT2D eigenvalue weighted by molar-refractivity contribution is 5.90. The van der Waals surface area contributed by atoms with Crippen LogP contribution in [0.5, 0.6) is 0 Å². The summed E-state index contributed by atoms with van der Waals surface area (Å²) in [5.74, 6) is -1.76. The molecule has 60 heavy (non-hydrogen) atoms. The van der Waals surface area contributed by atoms with E-state index in [1.807, 2.05) is 85.8 Å². The van der Waals surface area contributed by atoms with E-state index in [1.54, 1.807) is 49.9 Å². The SMILES string of the molecule is CC[C@H](C)[C@@H](C(CC(=O)N1CCC[C@H]1[C@H](OC)[C@@H](C)C(=O)N[C@H](C)[C@@H](OC(=O)N1CCN(C)CC1)c1ccccc1)OC)N(C)C(=O)[C@@H](NC(=O)[C@@H](NC)C(C)C)C(C)C. The van der Waals surface area contributed by atoms with Gasteiger partial charge in [-0.15, -0.1) is 0 Å². The van der Waals surface area contributed by atoms with Crippen molar-refractivity contribution in [3.05, 3.63) is 35.9 Å². The quantitative estimate of drug-likeness (QED) is 0.166. The fraction of sp³-hybridized carbons (Fsp3) is 0.756. The fourth-order valence-electron chi connectivity index (χ4n) is 8.75. The van der Waals surface area contributed by atoms with E-state index in [0.29, 0.717) is 26.1 Å². The molecule has 10 atom stereocenters. The van der Waals surface area contributed by atoms with Crippen molar-refractivity contribution in [3.8, 4) is 0 Å². The summed E-state index contributed by atoms with van der Waals surface area (Å²) in [6.45, 7) is 18.6. The molecule has 2 fully saturated rings. The highest BCUT2D eigenvalue weighted by atomic mass is 16.6. The van der Waals surface area contributed by atoms with Crippen LogP contribution in [-0.4, -0.2) is 160 Å². The van der Waals surface area contributed by atoms with Crippen molar-refractivity contribution in [1.82, 2.24) is 35.6 Å². The van der Waals surface area contributed by atoms with Crippen LogP contribution >= 0.6 is 0 Å². The molecule has 2 heterocycles. The van der Waals surface area contributed by atoms with Gasteiger partial charge in [0.15, 0.2) is 0 Å². The van der Waals surface area contributed by atoms with Crippen LogP contribution in [0.25, 0.3) is 0 Å². The summed E-state index contributed by atoms with van der Waals surface area (Å²) >= 11 is 0. The van der Waals surface area contributed by atoms with Gasteiger partial charge >= 0.3 is 6.09 Å². The van der Waals surface area contributed by atoms with Gasteiger partial charge in [-0.2, -0.15) is 0 Å². The van der Waals surface area contributed by atoms with Crippen molar-refractivity contribution in [2.45, 2.75) is 130 Å². The van der Waals surface area contributed by atoms with E-state index in [9.17, 15) is 24.0 Å². The average Bonchev–Trinajstić information content (AvgIpc) is 3.71. The molecule has 15 heteroatoms. The van der Waals surface area contributed by atoms with Crippen LogP contribution in [0, 0.1) is 23.7 Å². The van der Waals surface area contributed by atoms with Gasteiger partial charge < -0.3 is 49.8 Å². The minimum Gasteiger partial charge on any atom is -0.439 e. The van der Waals surface area contributed by atoms with E-state index in [-0.39, 0.29) is 53.8 Å². The van der Waals surface area contributed by atoms with Crippen molar-refractivity contribution in [3.63, 3.8) is 0 Å². The molecule has 3 rings (SSSR count). The zero-order valence-electron chi connectivity index (χ0n) is 38.7. The number of piperazine rings is 1. The summed E-state index contributed by atoms with van der Waals surface area (Å²) < 4.78 is 18.2. The Morgan fingerprint density at radius 1 is 0.833 bits per heavy atom. The number of ether oxygens (including phenoxy) is 3. The average molecular weight is 844 g/mol. The van der Waals surface area contributed by atoms with Gasteiger partial charge in [-0.25, -0.2) is 4.79 Å². The largest absolute Gasteiger partial charge is 0.439 e. The molecular weight excluding hydrogens is 767 g/mol. The summed E-state index contributed by atoms with van der Waals surface area (Å²) in [5, 5.41) is 9.16. The summed E-state index contributed by atoms with van der Waals surface area (Å²) in [6, 6.07) is 6.77. The molecule has 1 aromatic carbocycles. The lowest BCUT2D eigenvalue weighted by Crippen LogP contribution is -2.59. The first-order chi connectivity index (χ1) is 28.4. The molecule has 15 nitrogen and oxygen atoms in total. The Bertz CT molecular complexity index is 1520. The minimum absolute atomic E-state index is 0.0129. The second-order valence-corrected chi connectivity index (χ2v) is 17.6. The molecule has 2 aliphatic rings. The summed E-state index contributed by atoms with van der Waals surface area (Å²) in [5.41, 5.74) is 0.769. The topological polar surface area (TPSA) is 162 Å². The van der Waals surface area contributed by atoms with Gasteiger partial charge in [0, 0.05) is 54.0 Å². The molecule has 0 aromatic heterocycles. The predicted molar refractivity (Wildman–Crippen MR) is 233 cm³/mol. The van der Waals surface area contributed by atoms with Gasteiger partial charge in [0.1, 0.15) is 12.1 Å². The third-order valence-electron chi connectivity index (χ3n) is 12.7. The van der Waals surface area contributed by atoms with Crippen LogP contribution in [0.1, 0.15) is 92.7 Å². The highest BCUT2D eigenvalue weighted by Gasteiger charge is 2.43. The van der Waals surface area contributed by atoms with Crippen molar-refractivity contribution >= 4 is 29.7 Å². The maximum atomic E-state index is 14.3. The molecule has 3 N–H and O–H groups in total. The van der Waals surface area contributed by atoms with Crippen LogP contribution in [0.15, 0.2) is 30.3 Å². The zero-order chi connectivity index (χ0) is 44.8. The van der Waals surface area contributed by atoms with Gasteiger partial charge in [0.05, 0.1) is 48.7 Å². The van der Waals surface area contributed by atoms with E-state index >= 15 is 0 Å². The number of likely N-dealkylation sites (tertiary alicyclic amines) is 1. The number of hydrogen-bond acceptors (Lipinski definition) is 10. The van der Waals surface area contributed by atoms with Crippen molar-refractivity contribution in [1.29, 1.82) is 0 Å². The number of hydrogen-bond donors (Lipinski definition) is 3. The normalized spacial score (nSPS) is 20.7. The molecule has 0 aliphatic carbocycles. The van der Waals surface area contributed by atoms with Gasteiger partial charge in [-0.05, 0) is 57.2 Å². The van der Waals surface area contributed by atoms with E-state index in [4.69, 9.17) is 14.2 Å². The monoisotopic (exact) mass is 844 g/mol. The number of nitrogens with one attached hydrogen (secondary N) is 3. The summed E-state index contributed by atoms with van der Waals surface area (Å²) in [6.07, 6.45) is -0.277. The Morgan fingerprint density at radius 2 is 1.45 bits per heavy atom. The number of methoxy groups -OCH3 is 2. The number of nitrogens with zero attached hydrogens (tertiary/aromatic N) is 4. The second kappa shape index (κ2) is 24.0. The van der Waals surface area contributed by atoms with Crippen molar-refractivity contribution < 1.29 is 38.2 Å². The molecular formula is C45H77N7O8. The van der Waals surface area contributed by atoms with Crippen LogP contribution in [-0.2, 0) is 33.4 Å². The van der Waals surface area contributed by atoms with Gasteiger partial charge in [0.25, 0.3) is 0 Å². The number of carbonyl (C=O) groups is 5. The van der Waals surface area contributed by atoms with E-state index in [1.165, 1.54) is 0 Å².